The quantitative estimate of drug-likeness (QED) is 0.395. The number of pyridine rings is 2. The van der Waals surface area contributed by atoms with Gasteiger partial charge in [0.05, 0.1) is 16.8 Å². The molecule has 0 saturated heterocycles. The van der Waals surface area contributed by atoms with Crippen LogP contribution in [0.15, 0.2) is 36.7 Å². The largest absolute Gasteiger partial charge is 0.419 e. The molecule has 8 nitrogen and oxygen atoms in total. The number of aromatic nitrogens is 4. The number of nitrogens with zero attached hydrogens (tertiary/aromatic N) is 6. The lowest BCUT2D eigenvalue weighted by molar-refractivity contribution is -0.138. The first kappa shape index (κ1) is 28.3. The zero-order valence-corrected chi connectivity index (χ0v) is 21.5. The van der Waals surface area contributed by atoms with Crippen molar-refractivity contribution in [3.63, 3.8) is 0 Å². The smallest absolute Gasteiger partial charge is 0.357 e. The van der Waals surface area contributed by atoms with Gasteiger partial charge in [-0.15, -0.1) is 0 Å². The third-order valence-electron chi connectivity index (χ3n) is 6.40. The number of rotatable bonds is 7. The lowest BCUT2D eigenvalue weighted by Gasteiger charge is -2.33. The van der Waals surface area contributed by atoms with Gasteiger partial charge in [0.25, 0.3) is 0 Å². The summed E-state index contributed by atoms with van der Waals surface area (Å²) in [7, 11) is 5.40. The van der Waals surface area contributed by atoms with Crippen LogP contribution in [0.3, 0.4) is 0 Å². The summed E-state index contributed by atoms with van der Waals surface area (Å²) in [5, 5.41) is 5.85. The first-order valence-corrected chi connectivity index (χ1v) is 12.2. The summed E-state index contributed by atoms with van der Waals surface area (Å²) in [6, 6.07) is 4.03. The van der Waals surface area contributed by atoms with Gasteiger partial charge in [0.15, 0.2) is 0 Å². The van der Waals surface area contributed by atoms with Crippen molar-refractivity contribution in [2.45, 2.75) is 37.7 Å². The van der Waals surface area contributed by atoms with Gasteiger partial charge in [-0.3, -0.25) is 0 Å². The monoisotopic (exact) mass is 554 g/mol. The van der Waals surface area contributed by atoms with Crippen molar-refractivity contribution in [3.8, 4) is 0 Å². The van der Waals surface area contributed by atoms with E-state index in [1.807, 2.05) is 19.0 Å². The Labute approximate surface area is 221 Å². The van der Waals surface area contributed by atoms with Gasteiger partial charge in [-0.25, -0.2) is 15.0 Å². The average molecular weight is 555 g/mol. The van der Waals surface area contributed by atoms with E-state index in [-0.39, 0.29) is 36.6 Å². The van der Waals surface area contributed by atoms with Crippen LogP contribution in [0.4, 0.5) is 49.7 Å². The molecular formula is C25H28F6N8. The van der Waals surface area contributed by atoms with E-state index < -0.39 is 23.5 Å². The molecule has 0 fully saturated rings. The summed E-state index contributed by atoms with van der Waals surface area (Å²) in [5.41, 5.74) is -0.433. The highest BCUT2D eigenvalue weighted by atomic mass is 19.4. The number of nitrogens with one attached hydrogen (secondary N) is 2. The number of halogens is 6. The molecule has 1 aliphatic rings. The molecule has 1 unspecified atom stereocenters. The Hall–Kier alpha value is -3.68. The van der Waals surface area contributed by atoms with Crippen molar-refractivity contribution in [2.75, 3.05) is 49.8 Å². The van der Waals surface area contributed by atoms with Crippen LogP contribution in [0.5, 0.6) is 0 Å². The zero-order valence-electron chi connectivity index (χ0n) is 21.5. The highest BCUT2D eigenvalue weighted by Gasteiger charge is 2.38. The van der Waals surface area contributed by atoms with Crippen LogP contribution in [-0.2, 0) is 25.2 Å². The van der Waals surface area contributed by atoms with Gasteiger partial charge in [-0.05, 0) is 57.7 Å². The molecule has 3 aromatic heterocycles. The Morgan fingerprint density at radius 1 is 1.03 bits per heavy atom. The van der Waals surface area contributed by atoms with Crippen molar-refractivity contribution < 1.29 is 26.3 Å². The Bertz CT molecular complexity index is 1280. The molecule has 3 aromatic rings. The van der Waals surface area contributed by atoms with Gasteiger partial charge in [-0.1, -0.05) is 0 Å². The van der Waals surface area contributed by atoms with Crippen LogP contribution < -0.4 is 15.5 Å². The fraction of sp³-hybridized carbons (Fsp3) is 0.440. The number of fused-ring (bicyclic) bond motifs is 1. The fourth-order valence-electron chi connectivity index (χ4n) is 4.47. The molecular weight excluding hydrogens is 526 g/mol. The summed E-state index contributed by atoms with van der Waals surface area (Å²) in [6.07, 6.45) is -5.92. The molecule has 2 N–H and O–H groups in total. The summed E-state index contributed by atoms with van der Waals surface area (Å²) >= 11 is 0. The normalized spacial score (nSPS) is 16.2. The van der Waals surface area contributed by atoms with E-state index in [0.717, 1.165) is 18.3 Å². The predicted octanol–water partition coefficient (Wildman–Crippen LogP) is 5.02. The van der Waals surface area contributed by atoms with Crippen LogP contribution in [-0.4, -0.2) is 65.1 Å². The number of hydrogen-bond acceptors (Lipinski definition) is 8. The van der Waals surface area contributed by atoms with E-state index in [2.05, 4.69) is 30.6 Å². The molecule has 39 heavy (non-hydrogen) atoms. The Balaban J connectivity index is 1.73. The second-order valence-electron chi connectivity index (χ2n) is 9.39. The molecule has 0 bridgehead atoms. The molecule has 0 aliphatic carbocycles. The standard InChI is InChI=1S/C25H28F6N8/c1-32-23-35-19-13-16(8-11-38(2)3)39(22-18(25(29,30)31)5-4-10-33-22)12-9-17(19)21(37-23)36-20-7-6-15(14-34-20)24(26,27)28/h4-7,10,14,16H,8-9,11-13H2,1-3H3,(H2,32,34,35,36,37). The highest BCUT2D eigenvalue weighted by Crippen LogP contribution is 2.38. The van der Waals surface area contributed by atoms with Crippen LogP contribution in [0.2, 0.25) is 0 Å². The molecule has 1 aliphatic heterocycles. The van der Waals surface area contributed by atoms with Crippen LogP contribution in [0.1, 0.15) is 28.8 Å². The van der Waals surface area contributed by atoms with Gasteiger partial charge in [0, 0.05) is 44.0 Å². The molecule has 1 atom stereocenters. The molecule has 0 amide bonds. The molecule has 0 spiro atoms. The SMILES string of the molecule is CNc1nc2c(c(Nc3ccc(C(F)(F)F)cn3)n1)CCN(c1ncccc1C(F)(F)F)C(CCN(C)C)C2. The van der Waals surface area contributed by atoms with Crippen LogP contribution in [0, 0.1) is 0 Å². The maximum absolute atomic E-state index is 13.9. The third kappa shape index (κ3) is 6.67. The van der Waals surface area contributed by atoms with Crippen molar-refractivity contribution in [1.29, 1.82) is 0 Å². The molecule has 14 heteroatoms. The number of anilines is 4. The third-order valence-corrected chi connectivity index (χ3v) is 6.40. The minimum absolute atomic E-state index is 0.139. The Kier molecular flexibility index (Phi) is 8.14. The first-order valence-electron chi connectivity index (χ1n) is 12.2. The van der Waals surface area contributed by atoms with Crippen LogP contribution >= 0.6 is 0 Å². The van der Waals surface area contributed by atoms with Gasteiger partial charge < -0.3 is 20.4 Å². The predicted molar refractivity (Wildman–Crippen MR) is 135 cm³/mol. The maximum Gasteiger partial charge on any atom is 0.419 e. The van der Waals surface area contributed by atoms with E-state index in [0.29, 0.717) is 36.5 Å². The van der Waals surface area contributed by atoms with Gasteiger partial charge in [0.2, 0.25) is 5.95 Å². The minimum atomic E-state index is -4.59. The second-order valence-corrected chi connectivity index (χ2v) is 9.39. The lowest BCUT2D eigenvalue weighted by Crippen LogP contribution is -2.40. The Morgan fingerprint density at radius 3 is 2.41 bits per heavy atom. The number of alkyl halides is 6. The number of hydrogen-bond donors (Lipinski definition) is 2. The molecule has 0 saturated carbocycles. The summed E-state index contributed by atoms with van der Waals surface area (Å²) < 4.78 is 80.7. The molecule has 0 radical (unpaired) electrons. The van der Waals surface area contributed by atoms with E-state index in [1.165, 1.54) is 18.3 Å². The Morgan fingerprint density at radius 2 is 1.79 bits per heavy atom. The lowest BCUT2D eigenvalue weighted by atomic mass is 10.0. The topological polar surface area (TPSA) is 82.1 Å². The first-order chi connectivity index (χ1) is 18.4. The molecule has 0 aromatic carbocycles. The second kappa shape index (κ2) is 11.2. The highest BCUT2D eigenvalue weighted by molar-refractivity contribution is 5.61. The minimum Gasteiger partial charge on any atom is -0.357 e. The average Bonchev–Trinajstić information content (AvgIpc) is 3.06. The van der Waals surface area contributed by atoms with E-state index in [1.54, 1.807) is 11.9 Å². The summed E-state index contributed by atoms with van der Waals surface area (Å²) in [4.78, 5) is 20.7. The van der Waals surface area contributed by atoms with Crippen molar-refractivity contribution in [3.05, 3.63) is 59.0 Å². The van der Waals surface area contributed by atoms with Crippen molar-refractivity contribution in [2.24, 2.45) is 0 Å². The fourth-order valence-corrected chi connectivity index (χ4v) is 4.47. The zero-order chi connectivity index (χ0) is 28.4. The van der Waals surface area contributed by atoms with Crippen molar-refractivity contribution >= 4 is 23.4 Å². The van der Waals surface area contributed by atoms with Gasteiger partial charge >= 0.3 is 12.4 Å². The van der Waals surface area contributed by atoms with Crippen molar-refractivity contribution in [1.82, 2.24) is 24.8 Å². The maximum atomic E-state index is 13.9. The van der Waals surface area contributed by atoms with Gasteiger partial charge in [0.1, 0.15) is 17.5 Å². The van der Waals surface area contributed by atoms with Crippen LogP contribution in [0.25, 0.3) is 0 Å². The van der Waals surface area contributed by atoms with Gasteiger partial charge in [-0.2, -0.15) is 31.3 Å². The molecule has 210 valence electrons. The summed E-state index contributed by atoms with van der Waals surface area (Å²) in [5.74, 6) is 0.571. The summed E-state index contributed by atoms with van der Waals surface area (Å²) in [6.45, 7) is 0.817. The molecule has 4 rings (SSSR count). The van der Waals surface area contributed by atoms with E-state index in [4.69, 9.17) is 0 Å². The van der Waals surface area contributed by atoms with E-state index in [9.17, 15) is 26.3 Å². The molecule has 4 heterocycles. The van der Waals surface area contributed by atoms with E-state index >= 15 is 0 Å².